The van der Waals surface area contributed by atoms with Gasteiger partial charge in [-0.25, -0.2) is 4.79 Å². The van der Waals surface area contributed by atoms with Crippen LogP contribution in [0.2, 0.25) is 0 Å². The molecule has 1 heterocycles. The summed E-state index contributed by atoms with van der Waals surface area (Å²) < 4.78 is 5.03. The first-order valence-electron chi connectivity index (χ1n) is 10.1. The monoisotopic (exact) mass is 435 g/mol. The van der Waals surface area contributed by atoms with Crippen molar-refractivity contribution in [2.24, 2.45) is 5.16 Å². The Hall–Kier alpha value is -3.94. The van der Waals surface area contributed by atoms with E-state index in [2.05, 4.69) is 10.5 Å². The van der Waals surface area contributed by atoms with Crippen LogP contribution >= 0.6 is 0 Å². The minimum atomic E-state index is -0.604. The Morgan fingerprint density at radius 3 is 2.44 bits per heavy atom. The van der Waals surface area contributed by atoms with Crippen LogP contribution in [0.15, 0.2) is 82.3 Å². The van der Waals surface area contributed by atoms with Crippen LogP contribution in [-0.4, -0.2) is 23.7 Å². The van der Waals surface area contributed by atoms with E-state index in [-0.39, 0.29) is 12.3 Å². The van der Waals surface area contributed by atoms with Gasteiger partial charge in [0.05, 0.1) is 23.3 Å². The molecule has 1 atom stereocenters. The van der Waals surface area contributed by atoms with Crippen LogP contribution in [0, 0.1) is 10.1 Å². The molecule has 0 aliphatic carbocycles. The first-order chi connectivity index (χ1) is 15.3. The molecule has 0 aromatic heterocycles. The predicted molar refractivity (Wildman–Crippen MR) is 121 cm³/mol. The van der Waals surface area contributed by atoms with Crippen molar-refractivity contribution < 1.29 is 19.3 Å². The fourth-order valence-electron chi connectivity index (χ4n) is 3.83. The van der Waals surface area contributed by atoms with E-state index < -0.39 is 16.8 Å². The smallest absolute Gasteiger partial charge is 0.336 e. The van der Waals surface area contributed by atoms with E-state index in [9.17, 15) is 14.9 Å². The molecule has 1 aliphatic heterocycles. The van der Waals surface area contributed by atoms with E-state index in [0.717, 1.165) is 11.3 Å². The zero-order valence-corrected chi connectivity index (χ0v) is 18.4. The van der Waals surface area contributed by atoms with E-state index in [1.54, 1.807) is 26.0 Å². The number of esters is 1. The number of hydrogen-bond acceptors (Lipinski definition) is 7. The maximum Gasteiger partial charge on any atom is 0.336 e. The van der Waals surface area contributed by atoms with Gasteiger partial charge in [-0.15, -0.1) is 0 Å². The van der Waals surface area contributed by atoms with Gasteiger partial charge in [0.1, 0.15) is 6.61 Å². The highest BCUT2D eigenvalue weighted by atomic mass is 16.6. The van der Waals surface area contributed by atoms with Gasteiger partial charge >= 0.3 is 5.97 Å². The Bertz CT molecular complexity index is 1120. The maximum absolute atomic E-state index is 12.7. The third-order valence-corrected chi connectivity index (χ3v) is 5.25. The van der Waals surface area contributed by atoms with Crippen LogP contribution in [0.4, 0.5) is 5.69 Å². The van der Waals surface area contributed by atoms with Gasteiger partial charge in [0.15, 0.2) is 0 Å². The van der Waals surface area contributed by atoms with Gasteiger partial charge in [-0.3, -0.25) is 10.1 Å². The second kappa shape index (κ2) is 9.91. The summed E-state index contributed by atoms with van der Waals surface area (Å²) in [5, 5.41) is 18.9. The van der Waals surface area contributed by atoms with Crippen molar-refractivity contribution in [3.63, 3.8) is 0 Å². The van der Waals surface area contributed by atoms with Gasteiger partial charge in [-0.2, -0.15) is 0 Å². The highest BCUT2D eigenvalue weighted by Gasteiger charge is 2.35. The Morgan fingerprint density at radius 1 is 1.09 bits per heavy atom. The van der Waals surface area contributed by atoms with Crippen molar-refractivity contribution in [2.75, 3.05) is 7.11 Å². The van der Waals surface area contributed by atoms with Gasteiger partial charge in [-0.05, 0) is 31.9 Å². The van der Waals surface area contributed by atoms with Crippen molar-refractivity contribution in [3.8, 4) is 0 Å². The van der Waals surface area contributed by atoms with Crippen molar-refractivity contribution in [1.82, 2.24) is 5.32 Å². The molecular weight excluding hydrogens is 410 g/mol. The highest BCUT2D eigenvalue weighted by Crippen LogP contribution is 2.40. The van der Waals surface area contributed by atoms with Gasteiger partial charge < -0.3 is 14.9 Å². The van der Waals surface area contributed by atoms with Crippen LogP contribution < -0.4 is 5.32 Å². The summed E-state index contributed by atoms with van der Waals surface area (Å²) in [7, 11) is 1.31. The van der Waals surface area contributed by atoms with Crippen molar-refractivity contribution in [2.45, 2.75) is 33.3 Å². The molecule has 1 unspecified atom stereocenters. The Balaban J connectivity index is 2.04. The van der Waals surface area contributed by atoms with E-state index in [1.807, 2.05) is 37.3 Å². The predicted octanol–water partition coefficient (Wildman–Crippen LogP) is 4.60. The number of benzene rings is 2. The molecule has 166 valence electrons. The number of oxime groups is 1. The molecule has 8 heteroatoms. The summed E-state index contributed by atoms with van der Waals surface area (Å²) in [5.41, 5.74) is 4.51. The molecule has 32 heavy (non-hydrogen) atoms. The van der Waals surface area contributed by atoms with Gasteiger partial charge in [-0.1, -0.05) is 47.6 Å². The van der Waals surface area contributed by atoms with Crippen LogP contribution in [0.3, 0.4) is 0 Å². The number of nitro groups is 1. The average molecular weight is 435 g/mol. The van der Waals surface area contributed by atoms with E-state index in [4.69, 9.17) is 9.57 Å². The lowest BCUT2D eigenvalue weighted by Gasteiger charge is -2.31. The van der Waals surface area contributed by atoms with Crippen LogP contribution in [0.25, 0.3) is 0 Å². The summed E-state index contributed by atoms with van der Waals surface area (Å²) in [5.74, 6) is -1.12. The third kappa shape index (κ3) is 4.85. The molecule has 0 amide bonds. The Labute approximate surface area is 186 Å². The van der Waals surface area contributed by atoms with Crippen molar-refractivity contribution in [1.29, 1.82) is 0 Å². The quantitative estimate of drug-likeness (QED) is 0.295. The number of rotatable bonds is 7. The molecule has 8 nitrogen and oxygen atoms in total. The molecule has 1 aliphatic rings. The van der Waals surface area contributed by atoms with E-state index in [1.165, 1.54) is 19.2 Å². The number of non-ortho nitro benzene ring substituents is 1. The molecule has 0 radical (unpaired) electrons. The van der Waals surface area contributed by atoms with E-state index >= 15 is 0 Å². The number of methoxy groups -OCH3 is 1. The fourth-order valence-corrected chi connectivity index (χ4v) is 3.83. The lowest BCUT2D eigenvalue weighted by molar-refractivity contribution is -0.384. The average Bonchev–Trinajstić information content (AvgIpc) is 2.78. The van der Waals surface area contributed by atoms with Gasteiger partial charge in [0, 0.05) is 35.0 Å². The Kier molecular flexibility index (Phi) is 7.04. The van der Waals surface area contributed by atoms with Gasteiger partial charge in [0.25, 0.3) is 5.69 Å². The molecule has 0 bridgehead atoms. The number of carbonyl (C=O) groups excluding carboxylic acids is 1. The van der Waals surface area contributed by atoms with Crippen molar-refractivity contribution in [3.05, 3.63) is 98.4 Å². The molecule has 3 rings (SSSR count). The fraction of sp³-hybridized carbons (Fsp3) is 0.250. The first-order valence-corrected chi connectivity index (χ1v) is 10.1. The highest BCUT2D eigenvalue weighted by molar-refractivity contribution is 6.04. The molecule has 2 aromatic rings. The zero-order chi connectivity index (χ0) is 23.3. The summed E-state index contributed by atoms with van der Waals surface area (Å²) in [6, 6.07) is 15.9. The lowest BCUT2D eigenvalue weighted by Crippen LogP contribution is -2.31. The largest absolute Gasteiger partial charge is 0.466 e. The second-order valence-electron chi connectivity index (χ2n) is 7.41. The topological polar surface area (TPSA) is 103 Å². The minimum absolute atomic E-state index is 0.0603. The van der Waals surface area contributed by atoms with Crippen LogP contribution in [0.1, 0.15) is 37.8 Å². The number of ether oxygens (including phenoxy) is 1. The molecule has 0 saturated heterocycles. The van der Waals surface area contributed by atoms with Gasteiger partial charge in [0.2, 0.25) is 0 Å². The maximum atomic E-state index is 12.7. The number of carbonyl (C=O) groups is 1. The first kappa shape index (κ1) is 22.7. The van der Waals surface area contributed by atoms with Crippen LogP contribution in [0.5, 0.6) is 0 Å². The number of hydrogen-bond donors (Lipinski definition) is 1. The second-order valence-corrected chi connectivity index (χ2v) is 7.41. The molecule has 0 spiro atoms. The lowest BCUT2D eigenvalue weighted by atomic mass is 9.78. The molecule has 0 fully saturated rings. The standard InChI is InChI=1S/C24H25N3O5/c1-15-21(17(3)26-32-14-18-9-6-5-7-10-18)23(22(16(2)25-15)24(28)31-4)19-11-8-12-20(13-19)27(29)30/h5-13,23,25H,14H2,1-4H3. The third-order valence-electron chi connectivity index (χ3n) is 5.25. The molecule has 0 saturated carbocycles. The summed E-state index contributed by atoms with van der Waals surface area (Å²) in [6.07, 6.45) is 0. The number of nitrogens with zero attached hydrogens (tertiary/aromatic N) is 2. The van der Waals surface area contributed by atoms with Crippen molar-refractivity contribution >= 4 is 17.4 Å². The van der Waals surface area contributed by atoms with Crippen LogP contribution in [-0.2, 0) is 21.0 Å². The molecule has 2 aromatic carbocycles. The number of dihydropyridines is 1. The summed E-state index contributed by atoms with van der Waals surface area (Å²) in [6.45, 7) is 5.71. The zero-order valence-electron chi connectivity index (χ0n) is 18.4. The number of allylic oxidation sites excluding steroid dienone is 3. The SMILES string of the molecule is COC(=O)C1=C(C)NC(C)=C(C(C)=NOCc2ccccc2)C1c1cccc([N+](=O)[O-])c1. The minimum Gasteiger partial charge on any atom is -0.466 e. The van der Waals surface area contributed by atoms with E-state index in [0.29, 0.717) is 28.1 Å². The molecule has 1 N–H and O–H groups in total. The normalized spacial score (nSPS) is 16.5. The number of nitrogens with one attached hydrogen (secondary N) is 1. The number of nitro benzene ring substituents is 1. The summed E-state index contributed by atoms with van der Waals surface area (Å²) in [4.78, 5) is 29.2. The Morgan fingerprint density at radius 2 is 1.78 bits per heavy atom. The molecular formula is C24H25N3O5. The summed E-state index contributed by atoms with van der Waals surface area (Å²) >= 11 is 0.